The first kappa shape index (κ1) is 14.0. The first-order chi connectivity index (χ1) is 9.97. The molecule has 0 saturated carbocycles. The highest BCUT2D eigenvalue weighted by molar-refractivity contribution is 7.15. The Morgan fingerprint density at radius 2 is 2.00 bits per heavy atom. The highest BCUT2D eigenvalue weighted by Crippen LogP contribution is 2.38. The highest BCUT2D eigenvalue weighted by Gasteiger charge is 2.36. The van der Waals surface area contributed by atoms with Crippen LogP contribution in [0.2, 0.25) is 5.02 Å². The van der Waals surface area contributed by atoms with Crippen LogP contribution in [-0.2, 0) is 9.53 Å². The lowest BCUT2D eigenvalue weighted by Gasteiger charge is -2.12. The molecule has 4 nitrogen and oxygen atoms in total. The number of aliphatic hydroxyl groups is 2. The number of benzene rings is 1. The summed E-state index contributed by atoms with van der Waals surface area (Å²) in [4.78, 5) is 13.5. The van der Waals surface area contributed by atoms with Gasteiger partial charge in [-0.25, -0.2) is 4.79 Å². The number of ether oxygens (including phenoxy) is 1. The van der Waals surface area contributed by atoms with Gasteiger partial charge in [0.1, 0.15) is 0 Å². The smallest absolute Gasteiger partial charge is 0.378 e. The zero-order valence-electron chi connectivity index (χ0n) is 11.0. The van der Waals surface area contributed by atoms with Gasteiger partial charge in [0.25, 0.3) is 0 Å². The van der Waals surface area contributed by atoms with Crippen molar-refractivity contribution >= 4 is 28.9 Å². The molecule has 0 amide bonds. The van der Waals surface area contributed by atoms with E-state index < -0.39 is 23.6 Å². The molecule has 0 fully saturated rings. The molecule has 21 heavy (non-hydrogen) atoms. The molecule has 108 valence electrons. The minimum Gasteiger partial charge on any atom is -0.505 e. The summed E-state index contributed by atoms with van der Waals surface area (Å²) in [5.74, 6) is -2.23. The minimum absolute atomic E-state index is 0.359. The molecular weight excluding hydrogens is 312 g/mol. The monoisotopic (exact) mass is 322 g/mol. The van der Waals surface area contributed by atoms with Crippen LogP contribution >= 0.6 is 22.9 Å². The normalized spacial score (nSPS) is 18.2. The largest absolute Gasteiger partial charge is 0.505 e. The Labute approximate surface area is 129 Å². The topological polar surface area (TPSA) is 66.8 Å². The summed E-state index contributed by atoms with van der Waals surface area (Å²) in [6.07, 6.45) is -1.05. The Morgan fingerprint density at radius 3 is 2.52 bits per heavy atom. The van der Waals surface area contributed by atoms with Gasteiger partial charge in [-0.1, -0.05) is 23.7 Å². The van der Waals surface area contributed by atoms with E-state index in [1.54, 1.807) is 23.5 Å². The van der Waals surface area contributed by atoms with Crippen molar-refractivity contribution in [3.8, 4) is 10.4 Å². The lowest BCUT2D eigenvalue weighted by Crippen LogP contribution is -2.04. The molecule has 2 heterocycles. The van der Waals surface area contributed by atoms with Gasteiger partial charge in [-0.05, 0) is 30.7 Å². The first-order valence-electron chi connectivity index (χ1n) is 6.16. The molecule has 1 unspecified atom stereocenters. The van der Waals surface area contributed by atoms with Crippen molar-refractivity contribution in [1.29, 1.82) is 0 Å². The molecule has 1 aliphatic heterocycles. The number of rotatable bonds is 2. The van der Waals surface area contributed by atoms with E-state index in [2.05, 4.69) is 0 Å². The molecule has 0 spiro atoms. The van der Waals surface area contributed by atoms with Gasteiger partial charge in [-0.3, -0.25) is 0 Å². The van der Waals surface area contributed by atoms with Gasteiger partial charge in [0, 0.05) is 20.3 Å². The van der Waals surface area contributed by atoms with Crippen molar-refractivity contribution in [3.05, 3.63) is 57.3 Å². The van der Waals surface area contributed by atoms with Crippen molar-refractivity contribution in [3.63, 3.8) is 0 Å². The number of hydrogen-bond acceptors (Lipinski definition) is 5. The number of aryl methyl sites for hydroxylation is 1. The van der Waals surface area contributed by atoms with E-state index in [0.717, 1.165) is 10.4 Å². The zero-order valence-corrected chi connectivity index (χ0v) is 12.5. The van der Waals surface area contributed by atoms with Crippen LogP contribution in [0.3, 0.4) is 0 Å². The summed E-state index contributed by atoms with van der Waals surface area (Å²) in [5, 5.41) is 19.4. The second-order valence-electron chi connectivity index (χ2n) is 4.67. The highest BCUT2D eigenvalue weighted by atomic mass is 35.5. The minimum atomic E-state index is -1.05. The van der Waals surface area contributed by atoms with Gasteiger partial charge < -0.3 is 14.9 Å². The fraction of sp³-hybridized carbons (Fsp3) is 0.133. The van der Waals surface area contributed by atoms with E-state index in [1.165, 1.54) is 4.88 Å². The number of esters is 1. The van der Waals surface area contributed by atoms with Crippen molar-refractivity contribution in [2.24, 2.45) is 0 Å². The molecule has 0 bridgehead atoms. The average molecular weight is 323 g/mol. The Bertz CT molecular complexity index is 763. The standard InChI is InChI=1S/C15H11ClO4S/c1-7-2-5-11(21-7)8-3-4-9(10(16)6-8)14-12(17)13(18)15(19)20-14/h2-6,14,17-18H,1H3. The van der Waals surface area contributed by atoms with Crippen LogP contribution < -0.4 is 0 Å². The third kappa shape index (κ3) is 2.39. The van der Waals surface area contributed by atoms with Crippen LogP contribution in [0.1, 0.15) is 16.5 Å². The summed E-state index contributed by atoms with van der Waals surface area (Å²) in [6, 6.07) is 9.29. The maximum Gasteiger partial charge on any atom is 0.378 e. The van der Waals surface area contributed by atoms with Crippen LogP contribution in [0.5, 0.6) is 0 Å². The van der Waals surface area contributed by atoms with Gasteiger partial charge >= 0.3 is 5.97 Å². The van der Waals surface area contributed by atoms with Crippen LogP contribution in [0, 0.1) is 6.92 Å². The van der Waals surface area contributed by atoms with Crippen LogP contribution in [0.4, 0.5) is 0 Å². The molecule has 3 rings (SSSR count). The molecule has 2 N–H and O–H groups in total. The average Bonchev–Trinajstić information content (AvgIpc) is 2.99. The molecule has 2 aromatic rings. The molecule has 1 atom stereocenters. The van der Waals surface area contributed by atoms with E-state index in [4.69, 9.17) is 16.3 Å². The van der Waals surface area contributed by atoms with Crippen molar-refractivity contribution < 1.29 is 19.7 Å². The summed E-state index contributed by atoms with van der Waals surface area (Å²) >= 11 is 7.87. The fourth-order valence-electron chi connectivity index (χ4n) is 2.14. The van der Waals surface area contributed by atoms with E-state index in [9.17, 15) is 15.0 Å². The Hall–Kier alpha value is -1.98. The molecule has 6 heteroatoms. The van der Waals surface area contributed by atoms with Gasteiger partial charge in [-0.15, -0.1) is 11.3 Å². The molecule has 0 aliphatic carbocycles. The molecule has 0 saturated heterocycles. The summed E-state index contributed by atoms with van der Waals surface area (Å²) in [5.41, 5.74) is 1.38. The van der Waals surface area contributed by atoms with Gasteiger partial charge in [0.05, 0.1) is 0 Å². The summed E-state index contributed by atoms with van der Waals surface area (Å²) < 4.78 is 4.91. The predicted molar refractivity (Wildman–Crippen MR) is 80.6 cm³/mol. The third-order valence-corrected chi connectivity index (χ3v) is 4.59. The predicted octanol–water partition coefficient (Wildman–Crippen LogP) is 4.30. The Kier molecular flexibility index (Phi) is 3.39. The van der Waals surface area contributed by atoms with E-state index in [0.29, 0.717) is 10.6 Å². The van der Waals surface area contributed by atoms with Crippen LogP contribution in [-0.4, -0.2) is 16.2 Å². The number of halogens is 1. The van der Waals surface area contributed by atoms with Gasteiger partial charge in [0.2, 0.25) is 5.76 Å². The van der Waals surface area contributed by atoms with Crippen LogP contribution in [0.25, 0.3) is 10.4 Å². The second-order valence-corrected chi connectivity index (χ2v) is 6.36. The van der Waals surface area contributed by atoms with Crippen LogP contribution in [0.15, 0.2) is 41.9 Å². The SMILES string of the molecule is Cc1ccc(-c2ccc(C3OC(=O)C(O)=C3O)c(Cl)c2)s1. The molecule has 1 aromatic carbocycles. The quantitative estimate of drug-likeness (QED) is 0.809. The second kappa shape index (κ2) is 5.09. The maximum absolute atomic E-state index is 11.2. The lowest BCUT2D eigenvalue weighted by atomic mass is 10.0. The number of cyclic esters (lactones) is 1. The van der Waals surface area contributed by atoms with Gasteiger partial charge in [-0.2, -0.15) is 0 Å². The number of aliphatic hydroxyl groups excluding tert-OH is 2. The van der Waals surface area contributed by atoms with E-state index in [1.807, 2.05) is 25.1 Å². The lowest BCUT2D eigenvalue weighted by molar-refractivity contribution is -0.142. The number of hydrogen-bond donors (Lipinski definition) is 2. The Morgan fingerprint density at radius 1 is 1.24 bits per heavy atom. The van der Waals surface area contributed by atoms with Crippen molar-refractivity contribution in [2.45, 2.75) is 13.0 Å². The van der Waals surface area contributed by atoms with Crippen molar-refractivity contribution in [2.75, 3.05) is 0 Å². The first-order valence-corrected chi connectivity index (χ1v) is 7.36. The van der Waals surface area contributed by atoms with Crippen molar-refractivity contribution in [1.82, 2.24) is 0 Å². The number of carbonyl (C=O) groups excluding carboxylic acids is 1. The molecule has 1 aromatic heterocycles. The Balaban J connectivity index is 1.98. The summed E-state index contributed by atoms with van der Waals surface area (Å²) in [6.45, 7) is 2.02. The summed E-state index contributed by atoms with van der Waals surface area (Å²) in [7, 11) is 0. The maximum atomic E-state index is 11.2. The zero-order chi connectivity index (χ0) is 15.1. The molecule has 0 radical (unpaired) electrons. The van der Waals surface area contributed by atoms with Gasteiger partial charge in [0.15, 0.2) is 11.9 Å². The van der Waals surface area contributed by atoms with E-state index >= 15 is 0 Å². The fourth-order valence-corrected chi connectivity index (χ4v) is 3.28. The van der Waals surface area contributed by atoms with E-state index in [-0.39, 0.29) is 0 Å². The molecular formula is C15H11ClO4S. The molecule has 1 aliphatic rings. The number of carbonyl (C=O) groups is 1. The third-order valence-electron chi connectivity index (χ3n) is 3.22. The number of thiophene rings is 1.